The molecule has 0 bridgehead atoms. The van der Waals surface area contributed by atoms with Crippen LogP contribution in [0.25, 0.3) is 10.2 Å². The summed E-state index contributed by atoms with van der Waals surface area (Å²) in [4.78, 5) is 6.54. The predicted octanol–water partition coefficient (Wildman–Crippen LogP) is 5.57. The number of nitrogens with zero attached hydrogens (tertiary/aromatic N) is 4. The van der Waals surface area contributed by atoms with Crippen LogP contribution in [0.5, 0.6) is 5.75 Å². The molecule has 0 saturated heterocycles. The van der Waals surface area contributed by atoms with Gasteiger partial charge in [0, 0.05) is 25.1 Å². The van der Waals surface area contributed by atoms with Crippen LogP contribution in [0.15, 0.2) is 52.7 Å². The van der Waals surface area contributed by atoms with E-state index in [0.29, 0.717) is 25.0 Å². The molecule has 0 N–H and O–H groups in total. The molecule has 3 aromatic rings. The predicted molar refractivity (Wildman–Crippen MR) is 115 cm³/mol. The maximum Gasteiger partial charge on any atom is 0.231 e. The molecule has 0 saturated carbocycles. The Kier molecular flexibility index (Phi) is 7.14. The van der Waals surface area contributed by atoms with Gasteiger partial charge >= 0.3 is 0 Å². The second-order valence-electron chi connectivity index (χ2n) is 5.89. The molecule has 1 aromatic heterocycles. The number of benzene rings is 2. The molecule has 0 aliphatic heterocycles. The summed E-state index contributed by atoms with van der Waals surface area (Å²) in [5.41, 5.74) is 2.81. The van der Waals surface area contributed by atoms with Crippen LogP contribution in [0.1, 0.15) is 0 Å². The molecule has 0 radical (unpaired) electrons. The lowest BCUT2D eigenvalue weighted by Gasteiger charge is -2.11. The standard InChI is InChI=1S/C19H21BrN4O2S/c1-24(2)15-5-3-14(4-6-15)22-23-19-21-17-8-7-16(13-18(17)27-19)26-12-11-25-10-9-20/h3-8,13H,9-12H2,1-2H3. The monoisotopic (exact) mass is 448 g/mol. The van der Waals surface area contributed by atoms with Crippen LogP contribution in [0, 0.1) is 0 Å². The number of azo groups is 1. The first-order valence-electron chi connectivity index (χ1n) is 8.52. The number of hydrogen-bond acceptors (Lipinski definition) is 7. The molecule has 6 nitrogen and oxygen atoms in total. The van der Waals surface area contributed by atoms with E-state index in [0.717, 1.165) is 32.7 Å². The Labute approximate surface area is 171 Å². The van der Waals surface area contributed by atoms with E-state index in [1.165, 1.54) is 11.3 Å². The Morgan fingerprint density at radius 2 is 1.85 bits per heavy atom. The third-order valence-electron chi connectivity index (χ3n) is 3.68. The van der Waals surface area contributed by atoms with Crippen LogP contribution >= 0.6 is 27.3 Å². The number of fused-ring (bicyclic) bond motifs is 1. The molecule has 0 unspecified atom stereocenters. The second kappa shape index (κ2) is 9.77. The first kappa shape index (κ1) is 19.7. The molecule has 27 heavy (non-hydrogen) atoms. The first-order valence-corrected chi connectivity index (χ1v) is 10.5. The van der Waals surface area contributed by atoms with Gasteiger partial charge in [-0.05, 0) is 42.5 Å². The van der Waals surface area contributed by atoms with Crippen molar-refractivity contribution in [2.75, 3.05) is 44.1 Å². The largest absolute Gasteiger partial charge is 0.491 e. The number of halogens is 1. The average Bonchev–Trinajstić information content (AvgIpc) is 3.08. The van der Waals surface area contributed by atoms with E-state index in [1.54, 1.807) is 0 Å². The summed E-state index contributed by atoms with van der Waals surface area (Å²) in [5, 5.41) is 10.00. The molecule has 3 rings (SSSR count). The van der Waals surface area contributed by atoms with Crippen LogP contribution in [0.2, 0.25) is 0 Å². The summed E-state index contributed by atoms with van der Waals surface area (Å²) in [6.07, 6.45) is 0. The summed E-state index contributed by atoms with van der Waals surface area (Å²) in [7, 11) is 4.01. The minimum absolute atomic E-state index is 0.521. The minimum atomic E-state index is 0.521. The van der Waals surface area contributed by atoms with Crippen molar-refractivity contribution in [1.82, 2.24) is 4.98 Å². The number of hydrogen-bond donors (Lipinski definition) is 0. The average molecular weight is 449 g/mol. The van der Waals surface area contributed by atoms with Crippen LogP contribution in [0.3, 0.4) is 0 Å². The lowest BCUT2D eigenvalue weighted by Crippen LogP contribution is -2.07. The molecule has 0 spiro atoms. The summed E-state index contributed by atoms with van der Waals surface area (Å²) in [6.45, 7) is 1.77. The van der Waals surface area contributed by atoms with E-state index in [4.69, 9.17) is 9.47 Å². The number of thiazole rings is 1. The van der Waals surface area contributed by atoms with E-state index in [1.807, 2.05) is 61.5 Å². The van der Waals surface area contributed by atoms with Gasteiger partial charge in [0.2, 0.25) is 5.13 Å². The van der Waals surface area contributed by atoms with Gasteiger partial charge in [-0.25, -0.2) is 4.98 Å². The Balaban J connectivity index is 1.63. The van der Waals surface area contributed by atoms with Gasteiger partial charge in [-0.15, -0.1) is 10.2 Å². The summed E-state index contributed by atoms with van der Waals surface area (Å²) in [6, 6.07) is 13.7. The minimum Gasteiger partial charge on any atom is -0.491 e. The van der Waals surface area contributed by atoms with Crippen LogP contribution in [-0.2, 0) is 4.74 Å². The fourth-order valence-corrected chi connectivity index (χ4v) is 3.36. The van der Waals surface area contributed by atoms with Crippen molar-refractivity contribution < 1.29 is 9.47 Å². The zero-order chi connectivity index (χ0) is 19.1. The normalized spacial score (nSPS) is 11.4. The fourth-order valence-electron chi connectivity index (χ4n) is 2.32. The van der Waals surface area contributed by atoms with Crippen molar-refractivity contribution in [3.63, 3.8) is 0 Å². The van der Waals surface area contributed by atoms with E-state index in [9.17, 15) is 0 Å². The lowest BCUT2D eigenvalue weighted by atomic mass is 10.3. The topological polar surface area (TPSA) is 59.3 Å². The maximum atomic E-state index is 5.71. The quantitative estimate of drug-likeness (QED) is 0.244. The fraction of sp³-hybridized carbons (Fsp3) is 0.316. The van der Waals surface area contributed by atoms with Gasteiger partial charge < -0.3 is 14.4 Å². The molecule has 0 aliphatic carbocycles. The highest BCUT2D eigenvalue weighted by atomic mass is 79.9. The van der Waals surface area contributed by atoms with Crippen molar-refractivity contribution in [3.05, 3.63) is 42.5 Å². The Morgan fingerprint density at radius 3 is 2.59 bits per heavy atom. The van der Waals surface area contributed by atoms with E-state index in [2.05, 4.69) is 31.1 Å². The molecule has 0 atom stereocenters. The van der Waals surface area contributed by atoms with E-state index < -0.39 is 0 Å². The molecule has 0 amide bonds. The second-order valence-corrected chi connectivity index (χ2v) is 7.69. The number of ether oxygens (including phenoxy) is 2. The molecule has 1 heterocycles. The zero-order valence-corrected chi connectivity index (χ0v) is 17.7. The third-order valence-corrected chi connectivity index (χ3v) is 4.91. The molecule has 142 valence electrons. The van der Waals surface area contributed by atoms with Crippen molar-refractivity contribution in [3.8, 4) is 5.75 Å². The summed E-state index contributed by atoms with van der Waals surface area (Å²) >= 11 is 4.81. The van der Waals surface area contributed by atoms with Crippen LogP contribution in [-0.4, -0.2) is 44.2 Å². The third kappa shape index (κ3) is 5.72. The SMILES string of the molecule is CN(C)c1ccc(N=Nc2nc3ccc(OCCOCCBr)cc3s2)cc1. The maximum absolute atomic E-state index is 5.71. The van der Waals surface area contributed by atoms with Crippen molar-refractivity contribution >= 4 is 54.0 Å². The smallest absolute Gasteiger partial charge is 0.231 e. The van der Waals surface area contributed by atoms with Gasteiger partial charge in [-0.3, -0.25) is 0 Å². The zero-order valence-electron chi connectivity index (χ0n) is 15.3. The Morgan fingerprint density at radius 1 is 1.04 bits per heavy atom. The van der Waals surface area contributed by atoms with Gasteiger partial charge in [-0.1, -0.05) is 27.3 Å². The van der Waals surface area contributed by atoms with Crippen molar-refractivity contribution in [2.24, 2.45) is 10.2 Å². The Hall–Kier alpha value is -2.03. The summed E-state index contributed by atoms with van der Waals surface area (Å²) in [5.74, 6) is 0.802. The van der Waals surface area contributed by atoms with Crippen molar-refractivity contribution in [2.45, 2.75) is 0 Å². The van der Waals surface area contributed by atoms with Gasteiger partial charge in [-0.2, -0.15) is 0 Å². The van der Waals surface area contributed by atoms with Crippen molar-refractivity contribution in [1.29, 1.82) is 0 Å². The lowest BCUT2D eigenvalue weighted by molar-refractivity contribution is 0.112. The number of rotatable bonds is 9. The first-order chi connectivity index (χ1) is 13.2. The number of alkyl halides is 1. The highest BCUT2D eigenvalue weighted by molar-refractivity contribution is 9.09. The molecule has 0 fully saturated rings. The highest BCUT2D eigenvalue weighted by Gasteiger charge is 2.05. The number of aromatic nitrogens is 1. The molecular weight excluding hydrogens is 428 g/mol. The van der Waals surface area contributed by atoms with Gasteiger partial charge in [0.05, 0.1) is 29.1 Å². The van der Waals surface area contributed by atoms with Crippen LogP contribution < -0.4 is 9.64 Å². The summed E-state index contributed by atoms with van der Waals surface area (Å²) < 4.78 is 12.1. The molecule has 2 aromatic carbocycles. The van der Waals surface area contributed by atoms with Gasteiger partial charge in [0.25, 0.3) is 0 Å². The van der Waals surface area contributed by atoms with Gasteiger partial charge in [0.15, 0.2) is 0 Å². The van der Waals surface area contributed by atoms with E-state index >= 15 is 0 Å². The number of anilines is 1. The molecular formula is C19H21BrN4O2S. The van der Waals surface area contributed by atoms with Crippen LogP contribution in [0.4, 0.5) is 16.5 Å². The van der Waals surface area contributed by atoms with Gasteiger partial charge in [0.1, 0.15) is 12.4 Å². The molecule has 8 heteroatoms. The highest BCUT2D eigenvalue weighted by Crippen LogP contribution is 2.32. The Bertz CT molecular complexity index is 896. The van der Waals surface area contributed by atoms with E-state index in [-0.39, 0.29) is 0 Å². The molecule has 0 aliphatic rings.